The maximum atomic E-state index is 6.59. The number of para-hydroxylation sites is 1. The van der Waals surface area contributed by atoms with Gasteiger partial charge in [0.25, 0.3) is 0 Å². The topological polar surface area (TPSA) is 48.4 Å². The van der Waals surface area contributed by atoms with E-state index in [-0.39, 0.29) is 11.6 Å². The van der Waals surface area contributed by atoms with Crippen molar-refractivity contribution in [3.05, 3.63) is 35.6 Å². The Morgan fingerprint density at radius 1 is 1.29 bits per heavy atom. The molecular weight excluding hydrogens is 262 g/mol. The summed E-state index contributed by atoms with van der Waals surface area (Å²) in [4.78, 5) is 0. The third-order valence-electron chi connectivity index (χ3n) is 4.77. The van der Waals surface area contributed by atoms with Gasteiger partial charge in [0.2, 0.25) is 0 Å². The lowest BCUT2D eigenvalue weighted by atomic mass is 9.78. The van der Waals surface area contributed by atoms with Crippen LogP contribution in [0.2, 0.25) is 0 Å². The van der Waals surface area contributed by atoms with E-state index in [4.69, 9.17) is 14.9 Å². The van der Waals surface area contributed by atoms with Crippen LogP contribution in [0, 0.1) is 6.92 Å². The zero-order valence-electron chi connectivity index (χ0n) is 13.0. The minimum absolute atomic E-state index is 0.190. The molecule has 1 heterocycles. The molecule has 0 aliphatic heterocycles. The summed E-state index contributed by atoms with van der Waals surface area (Å²) in [6.07, 6.45) is 5.71. The molecule has 1 saturated carbocycles. The number of furan rings is 1. The van der Waals surface area contributed by atoms with Crippen LogP contribution in [0.1, 0.15) is 56.4 Å². The molecule has 0 spiro atoms. The second kappa shape index (κ2) is 5.82. The Hall–Kier alpha value is -1.32. The van der Waals surface area contributed by atoms with E-state index in [1.807, 2.05) is 6.92 Å². The van der Waals surface area contributed by atoms with Crippen LogP contribution in [-0.4, -0.2) is 12.2 Å². The normalized spacial score (nSPS) is 19.8. The van der Waals surface area contributed by atoms with Gasteiger partial charge in [-0.3, -0.25) is 0 Å². The largest absolute Gasteiger partial charge is 0.459 e. The third-order valence-corrected chi connectivity index (χ3v) is 4.77. The average molecular weight is 287 g/mol. The molecular formula is C18H25NO2. The number of benzene rings is 1. The molecule has 1 atom stereocenters. The molecule has 2 aromatic rings. The average Bonchev–Trinajstić information content (AvgIpc) is 2.93. The van der Waals surface area contributed by atoms with Gasteiger partial charge in [0, 0.05) is 12.0 Å². The van der Waals surface area contributed by atoms with Crippen LogP contribution in [0.15, 0.2) is 28.7 Å². The van der Waals surface area contributed by atoms with Crippen molar-refractivity contribution in [3.63, 3.8) is 0 Å². The first-order valence-electron chi connectivity index (χ1n) is 8.05. The molecule has 3 heteroatoms. The lowest BCUT2D eigenvalue weighted by molar-refractivity contribution is -0.0864. The third kappa shape index (κ3) is 2.60. The van der Waals surface area contributed by atoms with Crippen LogP contribution < -0.4 is 5.73 Å². The fourth-order valence-corrected chi connectivity index (χ4v) is 3.62. The lowest BCUT2D eigenvalue weighted by Crippen LogP contribution is -2.45. The van der Waals surface area contributed by atoms with Gasteiger partial charge in [-0.2, -0.15) is 0 Å². The summed E-state index contributed by atoms with van der Waals surface area (Å²) in [7, 11) is 0. The molecule has 1 aliphatic rings. The highest BCUT2D eigenvalue weighted by molar-refractivity contribution is 5.81. The SMILES string of the molecule is CCOC1(C(N)c2cc3cccc(C)c3o2)CCCCC1. The monoisotopic (exact) mass is 287 g/mol. The molecule has 1 aromatic carbocycles. The molecule has 3 nitrogen and oxygen atoms in total. The molecule has 0 amide bonds. The molecule has 1 aliphatic carbocycles. The fraction of sp³-hybridized carbons (Fsp3) is 0.556. The molecule has 1 unspecified atom stereocenters. The Morgan fingerprint density at radius 3 is 2.71 bits per heavy atom. The zero-order chi connectivity index (χ0) is 14.9. The first-order valence-corrected chi connectivity index (χ1v) is 8.05. The van der Waals surface area contributed by atoms with Gasteiger partial charge in [-0.15, -0.1) is 0 Å². The van der Waals surface area contributed by atoms with Crippen molar-refractivity contribution in [1.82, 2.24) is 0 Å². The Morgan fingerprint density at radius 2 is 2.05 bits per heavy atom. The molecule has 2 N–H and O–H groups in total. The number of fused-ring (bicyclic) bond motifs is 1. The summed E-state index contributed by atoms with van der Waals surface area (Å²) >= 11 is 0. The van der Waals surface area contributed by atoms with Gasteiger partial charge in [-0.1, -0.05) is 37.5 Å². The highest BCUT2D eigenvalue weighted by Gasteiger charge is 2.41. The summed E-state index contributed by atoms with van der Waals surface area (Å²) in [6.45, 7) is 4.82. The second-order valence-corrected chi connectivity index (χ2v) is 6.18. The van der Waals surface area contributed by atoms with Gasteiger partial charge in [0.1, 0.15) is 11.3 Å². The second-order valence-electron chi connectivity index (χ2n) is 6.18. The quantitative estimate of drug-likeness (QED) is 0.902. The van der Waals surface area contributed by atoms with Gasteiger partial charge in [0.05, 0.1) is 11.6 Å². The van der Waals surface area contributed by atoms with Crippen molar-refractivity contribution in [2.75, 3.05) is 6.61 Å². The number of hydrogen-bond donors (Lipinski definition) is 1. The lowest BCUT2D eigenvalue weighted by Gasteiger charge is -2.40. The number of aryl methyl sites for hydroxylation is 1. The van der Waals surface area contributed by atoms with E-state index in [9.17, 15) is 0 Å². The molecule has 0 saturated heterocycles. The van der Waals surface area contributed by atoms with Crippen molar-refractivity contribution >= 4 is 11.0 Å². The predicted octanol–water partition coefficient (Wildman–Crippen LogP) is 4.48. The summed E-state index contributed by atoms with van der Waals surface area (Å²) < 4.78 is 12.2. The van der Waals surface area contributed by atoms with Gasteiger partial charge in [0.15, 0.2) is 0 Å². The minimum atomic E-state index is -0.255. The predicted molar refractivity (Wildman–Crippen MR) is 85.3 cm³/mol. The van der Waals surface area contributed by atoms with Gasteiger partial charge in [-0.05, 0) is 38.3 Å². The van der Waals surface area contributed by atoms with Gasteiger partial charge < -0.3 is 14.9 Å². The van der Waals surface area contributed by atoms with Crippen LogP contribution in [-0.2, 0) is 4.74 Å². The van der Waals surface area contributed by atoms with Crippen LogP contribution >= 0.6 is 0 Å². The molecule has 1 fully saturated rings. The Balaban J connectivity index is 1.97. The van der Waals surface area contributed by atoms with E-state index < -0.39 is 0 Å². The highest BCUT2D eigenvalue weighted by Crippen LogP contribution is 2.41. The van der Waals surface area contributed by atoms with E-state index in [0.29, 0.717) is 6.61 Å². The van der Waals surface area contributed by atoms with Gasteiger partial charge >= 0.3 is 0 Å². The van der Waals surface area contributed by atoms with E-state index in [1.165, 1.54) is 19.3 Å². The van der Waals surface area contributed by atoms with Crippen LogP contribution in [0.4, 0.5) is 0 Å². The van der Waals surface area contributed by atoms with E-state index in [1.54, 1.807) is 0 Å². The molecule has 3 rings (SSSR count). The molecule has 0 bridgehead atoms. The number of rotatable bonds is 4. The van der Waals surface area contributed by atoms with E-state index in [2.05, 4.69) is 31.2 Å². The van der Waals surface area contributed by atoms with Crippen molar-refractivity contribution in [3.8, 4) is 0 Å². The summed E-state index contributed by atoms with van der Waals surface area (Å²) in [5.41, 5.74) is 8.43. The van der Waals surface area contributed by atoms with Crippen LogP contribution in [0.25, 0.3) is 11.0 Å². The van der Waals surface area contributed by atoms with Crippen molar-refractivity contribution in [2.45, 2.75) is 57.6 Å². The molecule has 114 valence electrons. The number of hydrogen-bond acceptors (Lipinski definition) is 3. The van der Waals surface area contributed by atoms with Gasteiger partial charge in [-0.25, -0.2) is 0 Å². The Bertz CT molecular complexity index is 605. The fourth-order valence-electron chi connectivity index (χ4n) is 3.62. The van der Waals surface area contributed by atoms with Crippen molar-refractivity contribution in [2.24, 2.45) is 5.73 Å². The molecule has 1 aromatic heterocycles. The Kier molecular flexibility index (Phi) is 4.05. The first-order chi connectivity index (χ1) is 10.2. The smallest absolute Gasteiger partial charge is 0.137 e. The van der Waals surface area contributed by atoms with E-state index >= 15 is 0 Å². The van der Waals surface area contributed by atoms with Crippen LogP contribution in [0.5, 0.6) is 0 Å². The summed E-state index contributed by atoms with van der Waals surface area (Å²) in [6, 6.07) is 8.10. The zero-order valence-corrected chi connectivity index (χ0v) is 13.0. The maximum Gasteiger partial charge on any atom is 0.137 e. The van der Waals surface area contributed by atoms with Crippen molar-refractivity contribution in [1.29, 1.82) is 0 Å². The molecule has 0 radical (unpaired) electrons. The standard InChI is InChI=1S/C18H25NO2/c1-3-20-18(10-5-4-6-11-18)17(19)15-12-14-9-7-8-13(2)16(14)21-15/h7-9,12,17H,3-6,10-11,19H2,1-2H3. The number of ether oxygens (including phenoxy) is 1. The Labute approximate surface area is 126 Å². The molecule has 21 heavy (non-hydrogen) atoms. The minimum Gasteiger partial charge on any atom is -0.459 e. The van der Waals surface area contributed by atoms with E-state index in [0.717, 1.165) is 35.1 Å². The highest BCUT2D eigenvalue weighted by atomic mass is 16.5. The van der Waals surface area contributed by atoms with Crippen molar-refractivity contribution < 1.29 is 9.15 Å². The van der Waals surface area contributed by atoms with Crippen LogP contribution in [0.3, 0.4) is 0 Å². The number of nitrogens with two attached hydrogens (primary N) is 1. The first kappa shape index (κ1) is 14.6. The maximum absolute atomic E-state index is 6.59. The summed E-state index contributed by atoms with van der Waals surface area (Å²) in [5.74, 6) is 0.856. The summed E-state index contributed by atoms with van der Waals surface area (Å²) in [5, 5.41) is 1.13.